The van der Waals surface area contributed by atoms with E-state index in [1.165, 1.54) is 0 Å². The van der Waals surface area contributed by atoms with Crippen LogP contribution in [0.3, 0.4) is 0 Å². The minimum atomic E-state index is -0.336. The molecule has 4 aliphatic carbocycles. The SMILES string of the molecule is CC(C)CCCC(C(=O)NCCNCCNCCNCCN)[C@@H]1CC[C@@]2(C)C1C[C@@H](O)C1[C@@]3(C)CC[C@@H](O)[C@@H](C)C3CC[C@@]12C. The Hall–Kier alpha value is -0.770. The molecule has 0 aromatic rings. The lowest BCUT2D eigenvalue weighted by molar-refractivity contribution is -0.239. The van der Waals surface area contributed by atoms with Gasteiger partial charge in [0.2, 0.25) is 5.91 Å². The van der Waals surface area contributed by atoms with Gasteiger partial charge in [0.05, 0.1) is 12.2 Å². The summed E-state index contributed by atoms with van der Waals surface area (Å²) in [6, 6.07) is 0. The van der Waals surface area contributed by atoms with Gasteiger partial charge in [-0.2, -0.15) is 0 Å². The molecule has 4 fully saturated rings. The van der Waals surface area contributed by atoms with E-state index < -0.39 is 0 Å². The standard InChI is InChI=1S/C37H71N5O3/c1-25(2)8-7-9-28(34(45)42-23-22-41-21-20-40-19-18-39-17-16-38)27-10-14-36(5)30(27)24-32(44)33-35(4)13-12-31(43)26(3)29(35)11-15-37(33,36)6/h25-33,39-41,43-44H,7-24,38H2,1-6H3,(H,42,45)/t26-,27-,28?,29?,30?,31+,32+,33?,35-,36-,37-/m0/s1. The second-order valence-electron chi connectivity index (χ2n) is 16.8. The van der Waals surface area contributed by atoms with Gasteiger partial charge in [0.15, 0.2) is 0 Å². The molecule has 0 aliphatic heterocycles. The number of carbonyl (C=O) groups is 1. The molecule has 4 rings (SSSR count). The molecule has 4 unspecified atom stereocenters. The van der Waals surface area contributed by atoms with Crippen LogP contribution in [0.2, 0.25) is 0 Å². The summed E-state index contributed by atoms with van der Waals surface area (Å²) in [5.41, 5.74) is 5.75. The van der Waals surface area contributed by atoms with Crippen LogP contribution >= 0.6 is 0 Å². The van der Waals surface area contributed by atoms with E-state index in [1.807, 2.05) is 0 Å². The third-order valence-corrected chi connectivity index (χ3v) is 14.0. The number of rotatable bonds is 17. The molecule has 0 saturated heterocycles. The monoisotopic (exact) mass is 634 g/mol. The van der Waals surface area contributed by atoms with Crippen LogP contribution in [0.4, 0.5) is 0 Å². The zero-order valence-corrected chi connectivity index (χ0v) is 29.8. The van der Waals surface area contributed by atoms with E-state index in [4.69, 9.17) is 5.73 Å². The second-order valence-corrected chi connectivity index (χ2v) is 16.8. The molecule has 0 aromatic heterocycles. The molecule has 0 radical (unpaired) electrons. The average Bonchev–Trinajstić information content (AvgIpc) is 3.33. The second kappa shape index (κ2) is 16.1. The van der Waals surface area contributed by atoms with E-state index in [0.29, 0.717) is 42.7 Å². The lowest BCUT2D eigenvalue weighted by Crippen LogP contribution is -2.66. The lowest BCUT2D eigenvalue weighted by atomic mass is 9.36. The van der Waals surface area contributed by atoms with E-state index in [2.05, 4.69) is 62.8 Å². The Labute approximate surface area is 275 Å². The number of carbonyl (C=O) groups excluding carboxylic acids is 1. The predicted molar refractivity (Wildman–Crippen MR) is 185 cm³/mol. The Morgan fingerprint density at radius 3 is 2.07 bits per heavy atom. The van der Waals surface area contributed by atoms with Crippen LogP contribution < -0.4 is 27.0 Å². The minimum absolute atomic E-state index is 0.0161. The van der Waals surface area contributed by atoms with Gasteiger partial charge in [-0.1, -0.05) is 54.4 Å². The molecule has 45 heavy (non-hydrogen) atoms. The van der Waals surface area contributed by atoms with E-state index >= 15 is 0 Å². The topological polar surface area (TPSA) is 132 Å². The highest BCUT2D eigenvalue weighted by Gasteiger charge is 2.70. The molecule has 0 spiro atoms. The smallest absolute Gasteiger partial charge is 0.223 e. The fourth-order valence-corrected chi connectivity index (χ4v) is 11.5. The molecule has 8 N–H and O–H groups in total. The Bertz CT molecular complexity index is 936. The molecule has 0 aromatic carbocycles. The molecule has 0 heterocycles. The zero-order chi connectivity index (χ0) is 32.8. The average molecular weight is 634 g/mol. The van der Waals surface area contributed by atoms with Crippen molar-refractivity contribution in [2.24, 2.45) is 63.4 Å². The third-order valence-electron chi connectivity index (χ3n) is 14.0. The normalized spacial score (nSPS) is 40.1. The molecular weight excluding hydrogens is 562 g/mol. The zero-order valence-electron chi connectivity index (χ0n) is 29.8. The fourth-order valence-electron chi connectivity index (χ4n) is 11.5. The number of fused-ring (bicyclic) bond motifs is 5. The molecule has 262 valence electrons. The van der Waals surface area contributed by atoms with Crippen molar-refractivity contribution in [3.05, 3.63) is 0 Å². The third kappa shape index (κ3) is 7.77. The van der Waals surface area contributed by atoms with Crippen molar-refractivity contribution in [2.45, 2.75) is 118 Å². The van der Waals surface area contributed by atoms with Crippen LogP contribution in [0.25, 0.3) is 0 Å². The highest BCUT2D eigenvalue weighted by molar-refractivity contribution is 5.79. The van der Waals surface area contributed by atoms with Crippen molar-refractivity contribution in [3.63, 3.8) is 0 Å². The number of hydrogen-bond acceptors (Lipinski definition) is 7. The molecule has 1 amide bonds. The first kappa shape index (κ1) is 37.1. The maximum Gasteiger partial charge on any atom is 0.223 e. The summed E-state index contributed by atoms with van der Waals surface area (Å²) in [6.45, 7) is 20.9. The summed E-state index contributed by atoms with van der Waals surface area (Å²) < 4.78 is 0. The molecule has 8 heteroatoms. The summed E-state index contributed by atoms with van der Waals surface area (Å²) >= 11 is 0. The van der Waals surface area contributed by atoms with Gasteiger partial charge in [-0.05, 0) is 103 Å². The first-order chi connectivity index (χ1) is 21.4. The Kier molecular flexibility index (Phi) is 13.2. The Morgan fingerprint density at radius 1 is 0.800 bits per heavy atom. The maximum absolute atomic E-state index is 13.9. The van der Waals surface area contributed by atoms with Crippen LogP contribution in [0.5, 0.6) is 0 Å². The van der Waals surface area contributed by atoms with Gasteiger partial charge >= 0.3 is 0 Å². The summed E-state index contributed by atoms with van der Waals surface area (Å²) in [5.74, 6) is 2.62. The number of aliphatic hydroxyl groups excluding tert-OH is 2. The maximum atomic E-state index is 13.9. The van der Waals surface area contributed by atoms with E-state index in [1.54, 1.807) is 0 Å². The number of aliphatic hydroxyl groups is 2. The van der Waals surface area contributed by atoms with Crippen LogP contribution in [0.1, 0.15) is 106 Å². The summed E-state index contributed by atoms with van der Waals surface area (Å²) in [4.78, 5) is 13.9. The van der Waals surface area contributed by atoms with Gasteiger partial charge in [-0.25, -0.2) is 0 Å². The quantitative estimate of drug-likeness (QED) is 0.121. The van der Waals surface area contributed by atoms with E-state index in [-0.39, 0.29) is 46.2 Å². The number of nitrogens with two attached hydrogens (primary N) is 1. The van der Waals surface area contributed by atoms with Crippen molar-refractivity contribution in [1.29, 1.82) is 0 Å². The highest BCUT2D eigenvalue weighted by atomic mass is 16.3. The number of amides is 1. The van der Waals surface area contributed by atoms with Gasteiger partial charge < -0.3 is 37.2 Å². The van der Waals surface area contributed by atoms with Crippen molar-refractivity contribution in [3.8, 4) is 0 Å². The van der Waals surface area contributed by atoms with Gasteiger partial charge in [-0.15, -0.1) is 0 Å². The summed E-state index contributed by atoms with van der Waals surface area (Å²) in [6.07, 6.45) is 9.86. The predicted octanol–water partition coefficient (Wildman–Crippen LogP) is 3.90. The van der Waals surface area contributed by atoms with Gasteiger partial charge in [0.25, 0.3) is 0 Å². The fraction of sp³-hybridized carbons (Fsp3) is 0.973. The number of nitrogens with one attached hydrogen (secondary N) is 4. The Morgan fingerprint density at radius 2 is 1.42 bits per heavy atom. The van der Waals surface area contributed by atoms with Crippen molar-refractivity contribution in [2.75, 3.05) is 52.4 Å². The van der Waals surface area contributed by atoms with Crippen LogP contribution in [0, 0.1) is 57.7 Å². The van der Waals surface area contributed by atoms with Gasteiger partial charge in [0, 0.05) is 58.3 Å². The van der Waals surface area contributed by atoms with Crippen LogP contribution in [-0.4, -0.2) is 80.7 Å². The summed E-state index contributed by atoms with van der Waals surface area (Å²) in [7, 11) is 0. The largest absolute Gasteiger partial charge is 0.393 e. The molecule has 4 saturated carbocycles. The van der Waals surface area contributed by atoms with Crippen LogP contribution in [-0.2, 0) is 4.79 Å². The van der Waals surface area contributed by atoms with Crippen molar-refractivity contribution in [1.82, 2.24) is 21.3 Å². The molecule has 11 atom stereocenters. The molecular formula is C37H71N5O3. The molecule has 8 nitrogen and oxygen atoms in total. The van der Waals surface area contributed by atoms with Gasteiger partial charge in [0.1, 0.15) is 0 Å². The van der Waals surface area contributed by atoms with E-state index in [9.17, 15) is 15.0 Å². The van der Waals surface area contributed by atoms with Crippen molar-refractivity contribution >= 4 is 5.91 Å². The minimum Gasteiger partial charge on any atom is -0.393 e. The van der Waals surface area contributed by atoms with E-state index in [0.717, 1.165) is 103 Å². The van der Waals surface area contributed by atoms with Gasteiger partial charge in [-0.3, -0.25) is 4.79 Å². The molecule has 0 bridgehead atoms. The van der Waals surface area contributed by atoms with Crippen LogP contribution in [0.15, 0.2) is 0 Å². The summed E-state index contributed by atoms with van der Waals surface area (Å²) in [5, 5.41) is 36.4. The Balaban J connectivity index is 1.39. The first-order valence-electron chi connectivity index (χ1n) is 18.9. The number of hydrogen-bond donors (Lipinski definition) is 7. The van der Waals surface area contributed by atoms with Crippen molar-refractivity contribution < 1.29 is 15.0 Å². The first-order valence-corrected chi connectivity index (χ1v) is 18.9. The molecule has 4 aliphatic rings. The lowest BCUT2D eigenvalue weighted by Gasteiger charge is -2.69. The highest BCUT2D eigenvalue weighted by Crippen LogP contribution is 2.74.